The molecule has 2 atom stereocenters. The van der Waals surface area contributed by atoms with E-state index in [1.54, 1.807) is 0 Å². The van der Waals surface area contributed by atoms with Gasteiger partial charge < -0.3 is 5.32 Å². The van der Waals surface area contributed by atoms with Gasteiger partial charge in [0.25, 0.3) is 0 Å². The molecule has 0 heterocycles. The topological polar surface area (TPSA) is 15.3 Å². The number of nitrogens with one attached hydrogen (secondary N) is 1. The van der Waals surface area contributed by atoms with Gasteiger partial charge in [-0.15, -0.1) is 0 Å². The summed E-state index contributed by atoms with van der Waals surface area (Å²) in [6.45, 7) is 12.4. The molecule has 0 aliphatic heterocycles. The molecule has 0 amide bonds. The summed E-state index contributed by atoms with van der Waals surface area (Å²) in [5.74, 6) is 1.45. The fourth-order valence-corrected chi connectivity index (χ4v) is 2.46. The van der Waals surface area contributed by atoms with E-state index in [-0.39, 0.29) is 0 Å². The Morgan fingerprint density at radius 1 is 1.05 bits per heavy atom. The van der Waals surface area contributed by atoms with Crippen molar-refractivity contribution in [1.29, 1.82) is 0 Å². The Balaban J connectivity index is 2.68. The molecule has 2 unspecified atom stereocenters. The van der Waals surface area contributed by atoms with Crippen LogP contribution in [0.3, 0.4) is 0 Å². The highest BCUT2D eigenvalue weighted by Crippen LogP contribution is 2.20. The van der Waals surface area contributed by atoms with E-state index in [0.717, 1.165) is 25.6 Å². The zero-order chi connectivity index (χ0) is 15.0. The first-order valence-electron chi connectivity index (χ1n) is 8.00. The summed E-state index contributed by atoms with van der Waals surface area (Å²) in [6.07, 6.45) is 1.24. The van der Waals surface area contributed by atoms with Gasteiger partial charge >= 0.3 is 0 Å². The molecule has 0 aliphatic rings. The lowest BCUT2D eigenvalue weighted by molar-refractivity contribution is 0.205. The average Bonchev–Trinajstić information content (AvgIpc) is 2.44. The van der Waals surface area contributed by atoms with Crippen LogP contribution < -0.4 is 5.32 Å². The Bertz CT molecular complexity index is 348. The third-order valence-corrected chi connectivity index (χ3v) is 3.90. The molecule has 0 saturated heterocycles. The fourth-order valence-electron chi connectivity index (χ4n) is 2.46. The molecule has 0 radical (unpaired) electrons. The van der Waals surface area contributed by atoms with Crippen molar-refractivity contribution in [3.05, 3.63) is 35.9 Å². The summed E-state index contributed by atoms with van der Waals surface area (Å²) in [6, 6.07) is 11.3. The van der Waals surface area contributed by atoms with Crippen LogP contribution in [0.15, 0.2) is 30.3 Å². The Hall–Kier alpha value is -0.860. The second-order valence-corrected chi connectivity index (χ2v) is 6.43. The van der Waals surface area contributed by atoms with Crippen LogP contribution in [0.25, 0.3) is 0 Å². The van der Waals surface area contributed by atoms with Gasteiger partial charge in [0, 0.05) is 19.1 Å². The Labute approximate surface area is 125 Å². The molecule has 0 spiro atoms. The molecular formula is C18H32N2. The summed E-state index contributed by atoms with van der Waals surface area (Å²) < 4.78 is 0. The van der Waals surface area contributed by atoms with Crippen LogP contribution in [0.2, 0.25) is 0 Å². The average molecular weight is 276 g/mol. The maximum absolute atomic E-state index is 3.61. The quantitative estimate of drug-likeness (QED) is 0.734. The third-order valence-electron chi connectivity index (χ3n) is 3.90. The number of nitrogens with zero attached hydrogens (tertiary/aromatic N) is 1. The summed E-state index contributed by atoms with van der Waals surface area (Å²) >= 11 is 0. The van der Waals surface area contributed by atoms with E-state index >= 15 is 0 Å². The molecule has 0 bridgehead atoms. The number of hydrogen-bond donors (Lipinski definition) is 1. The number of hydrogen-bond acceptors (Lipinski definition) is 2. The molecule has 1 aromatic rings. The summed E-state index contributed by atoms with van der Waals surface area (Å²) in [5, 5.41) is 3.61. The highest BCUT2D eigenvalue weighted by Gasteiger charge is 2.18. The van der Waals surface area contributed by atoms with Gasteiger partial charge in [0.2, 0.25) is 0 Å². The molecule has 2 heteroatoms. The van der Waals surface area contributed by atoms with Gasteiger partial charge in [-0.25, -0.2) is 0 Å². The lowest BCUT2D eigenvalue weighted by Crippen LogP contribution is -2.36. The van der Waals surface area contributed by atoms with Gasteiger partial charge in [-0.05, 0) is 31.0 Å². The summed E-state index contributed by atoms with van der Waals surface area (Å²) in [4.78, 5) is 2.50. The summed E-state index contributed by atoms with van der Waals surface area (Å²) in [7, 11) is 2.25. The van der Waals surface area contributed by atoms with Crippen molar-refractivity contribution in [3.63, 3.8) is 0 Å². The highest BCUT2D eigenvalue weighted by molar-refractivity contribution is 5.19. The Morgan fingerprint density at radius 2 is 1.70 bits per heavy atom. The van der Waals surface area contributed by atoms with Crippen molar-refractivity contribution < 1.29 is 0 Å². The second-order valence-electron chi connectivity index (χ2n) is 6.43. The van der Waals surface area contributed by atoms with E-state index in [4.69, 9.17) is 0 Å². The molecule has 20 heavy (non-hydrogen) atoms. The molecular weight excluding hydrogens is 244 g/mol. The number of benzene rings is 1. The normalized spacial score (nSPS) is 14.8. The van der Waals surface area contributed by atoms with Crippen molar-refractivity contribution >= 4 is 0 Å². The van der Waals surface area contributed by atoms with Crippen LogP contribution in [0.5, 0.6) is 0 Å². The molecule has 0 saturated carbocycles. The molecule has 0 aromatic heterocycles. The second kappa shape index (κ2) is 9.15. The van der Waals surface area contributed by atoms with Gasteiger partial charge in [-0.3, -0.25) is 4.90 Å². The Kier molecular flexibility index (Phi) is 7.86. The van der Waals surface area contributed by atoms with E-state index in [1.807, 2.05) is 0 Å². The molecule has 0 fully saturated rings. The van der Waals surface area contributed by atoms with E-state index < -0.39 is 0 Å². The van der Waals surface area contributed by atoms with Crippen molar-refractivity contribution in [1.82, 2.24) is 10.2 Å². The third kappa shape index (κ3) is 6.06. The maximum Gasteiger partial charge on any atom is 0.0469 e. The van der Waals surface area contributed by atoms with E-state index in [9.17, 15) is 0 Å². The molecule has 1 rings (SSSR count). The molecule has 1 aromatic carbocycles. The van der Waals surface area contributed by atoms with E-state index in [2.05, 4.69) is 75.3 Å². The molecule has 0 aliphatic carbocycles. The predicted molar refractivity (Wildman–Crippen MR) is 89.0 cm³/mol. The smallest absolute Gasteiger partial charge is 0.0469 e. The van der Waals surface area contributed by atoms with Gasteiger partial charge in [-0.1, -0.05) is 64.4 Å². The Morgan fingerprint density at radius 3 is 2.25 bits per heavy atom. The lowest BCUT2D eigenvalue weighted by Gasteiger charge is -2.31. The van der Waals surface area contributed by atoms with Crippen LogP contribution in [0.4, 0.5) is 0 Å². The highest BCUT2D eigenvalue weighted by atomic mass is 15.1. The van der Waals surface area contributed by atoms with Gasteiger partial charge in [-0.2, -0.15) is 0 Å². The minimum Gasteiger partial charge on any atom is -0.315 e. The first-order chi connectivity index (χ1) is 9.54. The molecule has 114 valence electrons. The van der Waals surface area contributed by atoms with Gasteiger partial charge in [0.05, 0.1) is 0 Å². The monoisotopic (exact) mass is 276 g/mol. The SMILES string of the molecule is CCC(C)CN(C)C(CNCC(C)C)c1ccccc1. The van der Waals surface area contributed by atoms with E-state index in [1.165, 1.54) is 12.0 Å². The predicted octanol–water partition coefficient (Wildman–Crippen LogP) is 3.95. The zero-order valence-electron chi connectivity index (χ0n) is 13.9. The molecule has 1 N–H and O–H groups in total. The van der Waals surface area contributed by atoms with Crippen molar-refractivity contribution in [2.24, 2.45) is 11.8 Å². The van der Waals surface area contributed by atoms with Crippen LogP contribution in [0, 0.1) is 11.8 Å². The van der Waals surface area contributed by atoms with Gasteiger partial charge in [0.15, 0.2) is 0 Å². The summed E-state index contributed by atoms with van der Waals surface area (Å²) in [5.41, 5.74) is 1.41. The first kappa shape index (κ1) is 17.2. The van der Waals surface area contributed by atoms with Crippen LogP contribution in [-0.4, -0.2) is 31.6 Å². The lowest BCUT2D eigenvalue weighted by atomic mass is 10.0. The number of rotatable bonds is 9. The van der Waals surface area contributed by atoms with Crippen molar-refractivity contribution in [3.8, 4) is 0 Å². The first-order valence-corrected chi connectivity index (χ1v) is 8.00. The fraction of sp³-hybridized carbons (Fsp3) is 0.667. The van der Waals surface area contributed by atoms with E-state index in [0.29, 0.717) is 12.0 Å². The van der Waals surface area contributed by atoms with Crippen LogP contribution in [-0.2, 0) is 0 Å². The number of likely N-dealkylation sites (N-methyl/N-ethyl adjacent to an activating group) is 1. The van der Waals surface area contributed by atoms with Crippen molar-refractivity contribution in [2.45, 2.75) is 40.2 Å². The van der Waals surface area contributed by atoms with Gasteiger partial charge in [0.1, 0.15) is 0 Å². The minimum absolute atomic E-state index is 0.462. The van der Waals surface area contributed by atoms with Crippen LogP contribution in [0.1, 0.15) is 45.7 Å². The molecule has 2 nitrogen and oxygen atoms in total. The maximum atomic E-state index is 3.61. The van der Waals surface area contributed by atoms with Crippen molar-refractivity contribution in [2.75, 3.05) is 26.7 Å². The van der Waals surface area contributed by atoms with Crippen LogP contribution >= 0.6 is 0 Å². The standard InChI is InChI=1S/C18H32N2/c1-6-16(4)14-20(5)18(13-19-12-15(2)3)17-10-8-7-9-11-17/h7-11,15-16,18-19H,6,12-14H2,1-5H3. The minimum atomic E-state index is 0.462. The zero-order valence-corrected chi connectivity index (χ0v) is 13.9. The largest absolute Gasteiger partial charge is 0.315 e.